The van der Waals surface area contributed by atoms with E-state index >= 15 is 0 Å². The molecule has 0 atom stereocenters. The summed E-state index contributed by atoms with van der Waals surface area (Å²) in [4.78, 5) is 0. The van der Waals surface area contributed by atoms with Crippen molar-refractivity contribution in [3.63, 3.8) is 0 Å². The molecule has 0 unspecified atom stereocenters. The van der Waals surface area contributed by atoms with E-state index in [0.717, 1.165) is 13.1 Å². The zero-order valence-electron chi connectivity index (χ0n) is 16.4. The smallest absolute Gasteiger partial charge is 0.0351 e. The van der Waals surface area contributed by atoms with Crippen molar-refractivity contribution in [1.82, 2.24) is 10.9 Å². The quantitative estimate of drug-likeness (QED) is 0.465. The lowest BCUT2D eigenvalue weighted by molar-refractivity contribution is 0.529. The van der Waals surface area contributed by atoms with Gasteiger partial charge in [0, 0.05) is 13.1 Å². The molecule has 2 N–H and O–H groups in total. The van der Waals surface area contributed by atoms with Gasteiger partial charge in [0.15, 0.2) is 0 Å². The number of hydrogen-bond acceptors (Lipinski definition) is 2. The molecule has 0 fully saturated rings. The molecule has 2 rings (SSSR count). The maximum Gasteiger partial charge on any atom is 0.0351 e. The van der Waals surface area contributed by atoms with Gasteiger partial charge in [-0.05, 0) is 40.5 Å². The summed E-state index contributed by atoms with van der Waals surface area (Å²) in [6.45, 7) is 10.7. The van der Waals surface area contributed by atoms with E-state index in [9.17, 15) is 0 Å². The third kappa shape index (κ3) is 7.01. The van der Waals surface area contributed by atoms with E-state index in [2.05, 4.69) is 87.1 Å². The summed E-state index contributed by atoms with van der Waals surface area (Å²) in [6.07, 6.45) is 5.10. The molecular formula is C23H34N2. The molecule has 136 valence electrons. The zero-order valence-corrected chi connectivity index (χ0v) is 16.4. The number of unbranched alkanes of at least 4 members (excludes halogenated alkanes) is 2. The highest BCUT2D eigenvalue weighted by atomic mass is 15.3. The molecule has 25 heavy (non-hydrogen) atoms. The second-order valence-electron chi connectivity index (χ2n) is 7.93. The van der Waals surface area contributed by atoms with Crippen molar-refractivity contribution in [3.8, 4) is 0 Å². The lowest BCUT2D eigenvalue weighted by atomic mass is 9.87. The summed E-state index contributed by atoms with van der Waals surface area (Å²) in [5.41, 5.74) is 12.3. The summed E-state index contributed by atoms with van der Waals surface area (Å²) in [5.74, 6) is 0. The first-order valence-corrected chi connectivity index (χ1v) is 9.62. The molecule has 0 saturated heterocycles. The fourth-order valence-electron chi connectivity index (χ4n) is 2.85. The molecule has 0 aliphatic rings. The predicted molar refractivity (Wildman–Crippen MR) is 108 cm³/mol. The topological polar surface area (TPSA) is 24.1 Å². The van der Waals surface area contributed by atoms with Crippen LogP contribution in [0, 0.1) is 0 Å². The summed E-state index contributed by atoms with van der Waals surface area (Å²) in [7, 11) is 0. The summed E-state index contributed by atoms with van der Waals surface area (Å²) < 4.78 is 0. The van der Waals surface area contributed by atoms with Crippen LogP contribution in [0.5, 0.6) is 0 Å². The number of benzene rings is 2. The van der Waals surface area contributed by atoms with E-state index in [1.54, 1.807) is 0 Å². The van der Waals surface area contributed by atoms with E-state index < -0.39 is 0 Å². The largest absolute Gasteiger partial charge is 0.253 e. The van der Waals surface area contributed by atoms with Crippen molar-refractivity contribution in [2.24, 2.45) is 0 Å². The normalized spacial score (nSPS) is 11.7. The van der Waals surface area contributed by atoms with E-state index in [-0.39, 0.29) is 5.41 Å². The minimum absolute atomic E-state index is 0.215. The lowest BCUT2D eigenvalue weighted by Crippen LogP contribution is -2.30. The van der Waals surface area contributed by atoms with E-state index in [0.29, 0.717) is 0 Å². The Morgan fingerprint density at radius 2 is 1.16 bits per heavy atom. The minimum atomic E-state index is 0.215. The minimum Gasteiger partial charge on any atom is -0.253 e. The lowest BCUT2D eigenvalue weighted by Gasteiger charge is -2.19. The Hall–Kier alpha value is -1.64. The number of nitrogens with one attached hydrogen (secondary N) is 2. The Balaban J connectivity index is 1.70. The number of hydrogen-bond donors (Lipinski definition) is 2. The van der Waals surface area contributed by atoms with Crippen LogP contribution in [-0.4, -0.2) is 0 Å². The highest BCUT2D eigenvalue weighted by Crippen LogP contribution is 2.22. The molecule has 0 bridgehead atoms. The summed E-state index contributed by atoms with van der Waals surface area (Å²) >= 11 is 0. The number of hydrazine groups is 1. The molecule has 0 amide bonds. The van der Waals surface area contributed by atoms with Crippen LogP contribution in [0.1, 0.15) is 69.2 Å². The van der Waals surface area contributed by atoms with Gasteiger partial charge in [0.2, 0.25) is 0 Å². The molecule has 0 aliphatic heterocycles. The SMILES string of the molecule is CCCCCc1ccc(CNNCc2ccc(C(C)(C)C)cc2)cc1. The van der Waals surface area contributed by atoms with Gasteiger partial charge in [-0.2, -0.15) is 0 Å². The van der Waals surface area contributed by atoms with Gasteiger partial charge in [-0.25, -0.2) is 0 Å². The van der Waals surface area contributed by atoms with Crippen molar-refractivity contribution in [3.05, 3.63) is 70.8 Å². The monoisotopic (exact) mass is 338 g/mol. The highest BCUT2D eigenvalue weighted by Gasteiger charge is 2.12. The average molecular weight is 339 g/mol. The van der Waals surface area contributed by atoms with E-state index in [1.165, 1.54) is 47.9 Å². The van der Waals surface area contributed by atoms with Crippen LogP contribution in [0.4, 0.5) is 0 Å². The molecular weight excluding hydrogens is 304 g/mol. The van der Waals surface area contributed by atoms with Crippen LogP contribution < -0.4 is 10.9 Å². The van der Waals surface area contributed by atoms with Crippen LogP contribution in [0.2, 0.25) is 0 Å². The van der Waals surface area contributed by atoms with Crippen LogP contribution in [-0.2, 0) is 24.9 Å². The average Bonchev–Trinajstić information content (AvgIpc) is 2.60. The maximum atomic E-state index is 3.32. The van der Waals surface area contributed by atoms with Crippen molar-refractivity contribution in [2.75, 3.05) is 0 Å². The fraction of sp³-hybridized carbons (Fsp3) is 0.478. The fourth-order valence-corrected chi connectivity index (χ4v) is 2.85. The molecule has 0 radical (unpaired) electrons. The second-order valence-corrected chi connectivity index (χ2v) is 7.93. The van der Waals surface area contributed by atoms with Gasteiger partial charge in [0.1, 0.15) is 0 Å². The Morgan fingerprint density at radius 1 is 0.680 bits per heavy atom. The van der Waals surface area contributed by atoms with Gasteiger partial charge in [-0.15, -0.1) is 0 Å². The summed E-state index contributed by atoms with van der Waals surface area (Å²) in [5, 5.41) is 0. The van der Waals surface area contributed by atoms with Crippen LogP contribution in [0.15, 0.2) is 48.5 Å². The Bertz CT molecular complexity index is 606. The molecule has 2 heteroatoms. The van der Waals surface area contributed by atoms with Crippen molar-refractivity contribution >= 4 is 0 Å². The standard InChI is InChI=1S/C23H34N2/c1-5-6-7-8-19-9-11-20(12-10-19)17-24-25-18-21-13-15-22(16-14-21)23(2,3)4/h9-16,24-25H,5-8,17-18H2,1-4H3. The first-order chi connectivity index (χ1) is 12.0. The Labute approximate surface area is 154 Å². The molecule has 0 saturated carbocycles. The Kier molecular flexibility index (Phi) is 7.67. The van der Waals surface area contributed by atoms with E-state index in [4.69, 9.17) is 0 Å². The zero-order chi connectivity index (χ0) is 18.1. The molecule has 0 aliphatic carbocycles. The second kappa shape index (κ2) is 9.74. The van der Waals surface area contributed by atoms with Crippen molar-refractivity contribution in [2.45, 2.75) is 71.9 Å². The van der Waals surface area contributed by atoms with Crippen LogP contribution in [0.25, 0.3) is 0 Å². The van der Waals surface area contributed by atoms with Gasteiger partial charge >= 0.3 is 0 Å². The van der Waals surface area contributed by atoms with Crippen molar-refractivity contribution < 1.29 is 0 Å². The van der Waals surface area contributed by atoms with Gasteiger partial charge in [-0.1, -0.05) is 89.1 Å². The number of rotatable bonds is 9. The van der Waals surface area contributed by atoms with E-state index in [1.807, 2.05) is 0 Å². The third-order valence-corrected chi connectivity index (χ3v) is 4.62. The molecule has 0 spiro atoms. The number of aryl methyl sites for hydroxylation is 1. The molecule has 0 heterocycles. The highest BCUT2D eigenvalue weighted by molar-refractivity contribution is 5.27. The molecule has 2 aromatic rings. The van der Waals surface area contributed by atoms with Gasteiger partial charge in [0.05, 0.1) is 0 Å². The Morgan fingerprint density at radius 3 is 1.64 bits per heavy atom. The molecule has 2 aromatic carbocycles. The molecule has 0 aromatic heterocycles. The summed E-state index contributed by atoms with van der Waals surface area (Å²) in [6, 6.07) is 17.9. The van der Waals surface area contributed by atoms with Crippen LogP contribution >= 0.6 is 0 Å². The van der Waals surface area contributed by atoms with Crippen molar-refractivity contribution in [1.29, 1.82) is 0 Å². The van der Waals surface area contributed by atoms with Gasteiger partial charge in [0.25, 0.3) is 0 Å². The maximum absolute atomic E-state index is 3.32. The third-order valence-electron chi connectivity index (χ3n) is 4.62. The predicted octanol–water partition coefficient (Wildman–Crippen LogP) is 5.51. The van der Waals surface area contributed by atoms with Gasteiger partial charge in [-0.3, -0.25) is 10.9 Å². The molecule has 2 nitrogen and oxygen atoms in total. The first-order valence-electron chi connectivity index (χ1n) is 9.62. The van der Waals surface area contributed by atoms with Crippen LogP contribution in [0.3, 0.4) is 0 Å². The van der Waals surface area contributed by atoms with Gasteiger partial charge < -0.3 is 0 Å². The first kappa shape index (κ1) is 19.7.